The number of rotatable bonds is 4. The standard InChI is InChI=1S/C15H24BrNS/c1-5-17-14(11-7-6-8-15(11,3)4)13-9-12(16)10(2)18-13/h9,11,14,17H,5-8H2,1-4H3. The molecule has 102 valence electrons. The predicted molar refractivity (Wildman–Crippen MR) is 84.3 cm³/mol. The Bertz CT molecular complexity index is 391. The predicted octanol–water partition coefficient (Wildman–Crippen LogP) is 5.30. The van der Waals surface area contributed by atoms with E-state index in [2.05, 4.69) is 55.0 Å². The van der Waals surface area contributed by atoms with Gasteiger partial charge >= 0.3 is 0 Å². The molecule has 1 aromatic rings. The van der Waals surface area contributed by atoms with Gasteiger partial charge in [0.2, 0.25) is 0 Å². The minimum Gasteiger partial charge on any atom is -0.309 e. The summed E-state index contributed by atoms with van der Waals surface area (Å²) in [5, 5.41) is 3.73. The van der Waals surface area contributed by atoms with Crippen LogP contribution in [0.2, 0.25) is 0 Å². The van der Waals surface area contributed by atoms with Gasteiger partial charge in [-0.15, -0.1) is 11.3 Å². The molecule has 1 aliphatic carbocycles. The van der Waals surface area contributed by atoms with Crippen molar-refractivity contribution in [1.82, 2.24) is 5.32 Å². The second-order valence-corrected chi connectivity index (χ2v) is 8.22. The molecule has 0 aromatic carbocycles. The summed E-state index contributed by atoms with van der Waals surface area (Å²) in [5.74, 6) is 0.766. The largest absolute Gasteiger partial charge is 0.309 e. The van der Waals surface area contributed by atoms with Crippen LogP contribution in [0.5, 0.6) is 0 Å². The molecule has 3 heteroatoms. The van der Waals surface area contributed by atoms with E-state index >= 15 is 0 Å². The number of hydrogen-bond donors (Lipinski definition) is 1. The Morgan fingerprint density at radius 3 is 2.72 bits per heavy atom. The van der Waals surface area contributed by atoms with E-state index in [4.69, 9.17) is 0 Å². The van der Waals surface area contributed by atoms with Gasteiger partial charge in [0.05, 0.1) is 0 Å². The molecule has 1 fully saturated rings. The second-order valence-electron chi connectivity index (χ2n) is 6.08. The number of thiophene rings is 1. The first-order chi connectivity index (χ1) is 8.45. The van der Waals surface area contributed by atoms with E-state index in [1.54, 1.807) is 0 Å². The highest BCUT2D eigenvalue weighted by Crippen LogP contribution is 2.50. The molecule has 0 amide bonds. The maximum Gasteiger partial charge on any atom is 0.0448 e. The van der Waals surface area contributed by atoms with Gasteiger partial charge in [-0.25, -0.2) is 0 Å². The summed E-state index contributed by atoms with van der Waals surface area (Å²) in [6.45, 7) is 10.3. The summed E-state index contributed by atoms with van der Waals surface area (Å²) in [7, 11) is 0. The summed E-state index contributed by atoms with van der Waals surface area (Å²) in [5.41, 5.74) is 0.469. The molecule has 0 aliphatic heterocycles. The van der Waals surface area contributed by atoms with Crippen LogP contribution in [0.15, 0.2) is 10.5 Å². The van der Waals surface area contributed by atoms with E-state index < -0.39 is 0 Å². The number of halogens is 1. The van der Waals surface area contributed by atoms with Crippen molar-refractivity contribution in [2.24, 2.45) is 11.3 Å². The maximum atomic E-state index is 3.73. The highest BCUT2D eigenvalue weighted by Gasteiger charge is 2.40. The number of aryl methyl sites for hydroxylation is 1. The lowest BCUT2D eigenvalue weighted by molar-refractivity contribution is 0.201. The lowest BCUT2D eigenvalue weighted by Gasteiger charge is -2.34. The van der Waals surface area contributed by atoms with Gasteiger partial charge < -0.3 is 5.32 Å². The molecular formula is C15H24BrNS. The Hall–Kier alpha value is 0.140. The molecular weight excluding hydrogens is 306 g/mol. The van der Waals surface area contributed by atoms with E-state index in [0.717, 1.165) is 12.5 Å². The summed E-state index contributed by atoms with van der Waals surface area (Å²) in [6.07, 6.45) is 4.11. The highest BCUT2D eigenvalue weighted by atomic mass is 79.9. The third-order valence-electron chi connectivity index (χ3n) is 4.35. The average molecular weight is 330 g/mol. The third kappa shape index (κ3) is 2.83. The summed E-state index contributed by atoms with van der Waals surface area (Å²) < 4.78 is 1.27. The molecule has 1 nitrogen and oxygen atoms in total. The van der Waals surface area contributed by atoms with Crippen LogP contribution in [0, 0.1) is 18.3 Å². The Kier molecular flexibility index (Phi) is 4.56. The van der Waals surface area contributed by atoms with Crippen LogP contribution in [0.3, 0.4) is 0 Å². The van der Waals surface area contributed by atoms with Crippen molar-refractivity contribution in [3.63, 3.8) is 0 Å². The van der Waals surface area contributed by atoms with Gasteiger partial charge in [-0.05, 0) is 59.6 Å². The zero-order valence-electron chi connectivity index (χ0n) is 11.8. The van der Waals surface area contributed by atoms with Gasteiger partial charge in [-0.3, -0.25) is 0 Å². The molecule has 1 aromatic heterocycles. The van der Waals surface area contributed by atoms with Crippen molar-refractivity contribution in [1.29, 1.82) is 0 Å². The molecule has 0 bridgehead atoms. The fourth-order valence-electron chi connectivity index (χ4n) is 3.27. The van der Waals surface area contributed by atoms with E-state index in [-0.39, 0.29) is 0 Å². The quantitative estimate of drug-likeness (QED) is 0.790. The molecule has 1 N–H and O–H groups in total. The van der Waals surface area contributed by atoms with Crippen molar-refractivity contribution in [3.8, 4) is 0 Å². The van der Waals surface area contributed by atoms with Crippen LogP contribution in [0.25, 0.3) is 0 Å². The molecule has 0 saturated heterocycles. The van der Waals surface area contributed by atoms with Crippen LogP contribution in [-0.2, 0) is 0 Å². The summed E-state index contributed by atoms with van der Waals surface area (Å²) >= 11 is 5.60. The van der Waals surface area contributed by atoms with Crippen molar-refractivity contribution in [2.45, 2.75) is 53.0 Å². The van der Waals surface area contributed by atoms with Crippen molar-refractivity contribution in [2.75, 3.05) is 6.54 Å². The normalized spacial score (nSPS) is 24.4. The minimum atomic E-state index is 0.469. The van der Waals surface area contributed by atoms with Crippen molar-refractivity contribution >= 4 is 27.3 Å². The van der Waals surface area contributed by atoms with Gasteiger partial charge in [-0.1, -0.05) is 27.2 Å². The Balaban J connectivity index is 2.28. The topological polar surface area (TPSA) is 12.0 Å². The van der Waals surface area contributed by atoms with Crippen LogP contribution < -0.4 is 5.32 Å². The Morgan fingerprint density at radius 1 is 1.56 bits per heavy atom. The second kappa shape index (κ2) is 5.64. The van der Waals surface area contributed by atoms with Gasteiger partial charge in [0.25, 0.3) is 0 Å². The lowest BCUT2D eigenvalue weighted by atomic mass is 9.77. The van der Waals surface area contributed by atoms with Crippen LogP contribution in [0.4, 0.5) is 0 Å². The van der Waals surface area contributed by atoms with Gasteiger partial charge in [0.15, 0.2) is 0 Å². The van der Waals surface area contributed by atoms with E-state index in [1.807, 2.05) is 11.3 Å². The summed E-state index contributed by atoms with van der Waals surface area (Å²) in [4.78, 5) is 2.89. The van der Waals surface area contributed by atoms with E-state index in [9.17, 15) is 0 Å². The van der Waals surface area contributed by atoms with Gasteiger partial charge in [-0.2, -0.15) is 0 Å². The van der Waals surface area contributed by atoms with Crippen LogP contribution in [-0.4, -0.2) is 6.54 Å². The molecule has 1 saturated carbocycles. The molecule has 2 unspecified atom stereocenters. The van der Waals surface area contributed by atoms with Crippen LogP contribution >= 0.6 is 27.3 Å². The fraction of sp³-hybridized carbons (Fsp3) is 0.733. The number of hydrogen-bond acceptors (Lipinski definition) is 2. The van der Waals surface area contributed by atoms with Gasteiger partial charge in [0.1, 0.15) is 0 Å². The smallest absolute Gasteiger partial charge is 0.0448 e. The zero-order chi connectivity index (χ0) is 13.3. The first-order valence-corrected chi connectivity index (χ1v) is 8.56. The maximum absolute atomic E-state index is 3.73. The zero-order valence-corrected chi connectivity index (χ0v) is 14.2. The van der Waals surface area contributed by atoms with Gasteiger partial charge in [0, 0.05) is 20.3 Å². The van der Waals surface area contributed by atoms with Crippen molar-refractivity contribution < 1.29 is 0 Å². The lowest BCUT2D eigenvalue weighted by Crippen LogP contribution is -2.33. The molecule has 18 heavy (non-hydrogen) atoms. The molecule has 2 rings (SSSR count). The minimum absolute atomic E-state index is 0.469. The highest BCUT2D eigenvalue weighted by molar-refractivity contribution is 9.10. The fourth-order valence-corrected chi connectivity index (χ4v) is 4.97. The first-order valence-electron chi connectivity index (χ1n) is 6.95. The average Bonchev–Trinajstić information content (AvgIpc) is 2.79. The molecule has 0 radical (unpaired) electrons. The Labute approximate surface area is 123 Å². The Morgan fingerprint density at radius 2 is 2.28 bits per heavy atom. The van der Waals surface area contributed by atoms with Crippen LogP contribution in [0.1, 0.15) is 55.8 Å². The molecule has 1 aliphatic rings. The SMILES string of the molecule is CCNC(c1cc(Br)c(C)s1)C1CCCC1(C)C. The monoisotopic (exact) mass is 329 g/mol. The molecule has 0 spiro atoms. The first kappa shape index (κ1) is 14.5. The number of nitrogens with one attached hydrogen (secondary N) is 1. The molecule has 2 atom stereocenters. The van der Waals surface area contributed by atoms with E-state index in [0.29, 0.717) is 11.5 Å². The van der Waals surface area contributed by atoms with E-state index in [1.165, 1.54) is 33.5 Å². The molecule has 1 heterocycles. The summed E-state index contributed by atoms with van der Waals surface area (Å²) in [6, 6.07) is 2.85. The van der Waals surface area contributed by atoms with Crippen molar-refractivity contribution in [3.05, 3.63) is 20.3 Å². The third-order valence-corrected chi connectivity index (χ3v) is 6.57.